The van der Waals surface area contributed by atoms with Gasteiger partial charge in [0.25, 0.3) is 10.0 Å². The molecule has 2 aromatic rings. The van der Waals surface area contributed by atoms with E-state index in [1.54, 1.807) is 24.3 Å². The number of anilines is 1. The van der Waals surface area contributed by atoms with Gasteiger partial charge in [0.05, 0.1) is 5.69 Å². The van der Waals surface area contributed by atoms with E-state index in [9.17, 15) is 17.2 Å². The minimum absolute atomic E-state index is 0.165. The largest absolute Gasteiger partial charge is 0.279 e. The first-order chi connectivity index (χ1) is 9.85. The summed E-state index contributed by atoms with van der Waals surface area (Å²) in [7, 11) is -4.16. The topological polar surface area (TPSA) is 46.2 Å². The smallest absolute Gasteiger partial charge is 0.265 e. The Bertz CT molecular complexity index is 755. The molecule has 0 radical (unpaired) electrons. The molecule has 0 spiro atoms. The molecule has 0 aliphatic rings. The molecule has 0 amide bonds. The lowest BCUT2D eigenvalue weighted by Gasteiger charge is -2.13. The third-order valence-electron chi connectivity index (χ3n) is 2.87. The molecule has 0 aliphatic carbocycles. The van der Waals surface area contributed by atoms with Crippen LogP contribution in [0.15, 0.2) is 45.8 Å². The Morgan fingerprint density at radius 2 is 1.86 bits per heavy atom. The van der Waals surface area contributed by atoms with Crippen LogP contribution in [0, 0.1) is 11.6 Å². The lowest BCUT2D eigenvalue weighted by atomic mass is 10.1. The molecule has 0 unspecified atom stereocenters. The molecule has 0 aromatic heterocycles. The van der Waals surface area contributed by atoms with Crippen LogP contribution in [0.3, 0.4) is 0 Å². The first kappa shape index (κ1) is 15.9. The number of nitrogens with one attached hydrogen (secondary N) is 1. The predicted octanol–water partition coefficient (Wildman–Crippen LogP) is 4.09. The molecule has 3 nitrogen and oxygen atoms in total. The number of hydrogen-bond donors (Lipinski definition) is 1. The van der Waals surface area contributed by atoms with E-state index in [1.165, 1.54) is 0 Å². The minimum atomic E-state index is -4.16. The van der Waals surface area contributed by atoms with Gasteiger partial charge in [-0.25, -0.2) is 17.2 Å². The maximum absolute atomic E-state index is 13.8. The molecular formula is C14H12BrF2NO2S. The minimum Gasteiger partial charge on any atom is -0.279 e. The molecule has 2 rings (SSSR count). The van der Waals surface area contributed by atoms with Gasteiger partial charge in [-0.3, -0.25) is 4.72 Å². The van der Waals surface area contributed by atoms with E-state index in [2.05, 4.69) is 20.7 Å². The highest BCUT2D eigenvalue weighted by Crippen LogP contribution is 2.29. The first-order valence-corrected chi connectivity index (χ1v) is 8.38. The van der Waals surface area contributed by atoms with E-state index in [0.717, 1.165) is 11.6 Å². The summed E-state index contributed by atoms with van der Waals surface area (Å²) < 4.78 is 53.7. The van der Waals surface area contributed by atoms with Crippen LogP contribution in [-0.4, -0.2) is 8.42 Å². The Hall–Kier alpha value is -1.47. The van der Waals surface area contributed by atoms with Gasteiger partial charge in [0.1, 0.15) is 16.5 Å². The van der Waals surface area contributed by atoms with Crippen molar-refractivity contribution in [2.45, 2.75) is 18.2 Å². The van der Waals surface area contributed by atoms with Crippen LogP contribution < -0.4 is 4.72 Å². The Morgan fingerprint density at radius 1 is 1.19 bits per heavy atom. The molecule has 112 valence electrons. The van der Waals surface area contributed by atoms with Crippen molar-refractivity contribution in [3.8, 4) is 0 Å². The second-order valence-electron chi connectivity index (χ2n) is 4.31. The van der Waals surface area contributed by atoms with Crippen LogP contribution >= 0.6 is 15.9 Å². The van der Waals surface area contributed by atoms with Gasteiger partial charge < -0.3 is 0 Å². The van der Waals surface area contributed by atoms with E-state index in [1.807, 2.05) is 6.92 Å². The Kier molecular flexibility index (Phi) is 4.63. The molecule has 0 bridgehead atoms. The summed E-state index contributed by atoms with van der Waals surface area (Å²) in [5, 5.41) is 0. The van der Waals surface area contributed by atoms with E-state index in [4.69, 9.17) is 0 Å². The summed E-state index contributed by atoms with van der Waals surface area (Å²) >= 11 is 2.88. The molecule has 0 saturated carbocycles. The molecule has 1 N–H and O–H groups in total. The lowest BCUT2D eigenvalue weighted by Crippen LogP contribution is -2.16. The monoisotopic (exact) mass is 375 g/mol. The molecule has 0 fully saturated rings. The van der Waals surface area contributed by atoms with Crippen molar-refractivity contribution >= 4 is 31.6 Å². The third-order valence-corrected chi connectivity index (χ3v) is 5.20. The van der Waals surface area contributed by atoms with Gasteiger partial charge in [-0.15, -0.1) is 0 Å². The van der Waals surface area contributed by atoms with Gasteiger partial charge >= 0.3 is 0 Å². The fraction of sp³-hybridized carbons (Fsp3) is 0.143. The highest BCUT2D eigenvalue weighted by molar-refractivity contribution is 9.10. The summed E-state index contributed by atoms with van der Waals surface area (Å²) in [6.07, 6.45) is 0.617. The van der Waals surface area contributed by atoms with Gasteiger partial charge in [0.15, 0.2) is 0 Å². The number of rotatable bonds is 4. The Morgan fingerprint density at radius 3 is 2.48 bits per heavy atom. The van der Waals surface area contributed by atoms with Crippen LogP contribution in [-0.2, 0) is 16.4 Å². The molecular weight excluding hydrogens is 364 g/mol. The van der Waals surface area contributed by atoms with Crippen molar-refractivity contribution in [3.05, 3.63) is 58.1 Å². The summed E-state index contributed by atoms with van der Waals surface area (Å²) in [6.45, 7) is 1.88. The van der Waals surface area contributed by atoms with Crippen molar-refractivity contribution in [2.24, 2.45) is 0 Å². The van der Waals surface area contributed by atoms with Gasteiger partial charge in [0.2, 0.25) is 0 Å². The van der Waals surface area contributed by atoms with Crippen molar-refractivity contribution < 1.29 is 17.2 Å². The number of halogens is 3. The highest BCUT2D eigenvalue weighted by atomic mass is 79.9. The van der Waals surface area contributed by atoms with Gasteiger partial charge in [-0.05, 0) is 40.0 Å². The zero-order chi connectivity index (χ0) is 15.6. The van der Waals surface area contributed by atoms with E-state index < -0.39 is 26.6 Å². The molecule has 21 heavy (non-hydrogen) atoms. The van der Waals surface area contributed by atoms with Crippen molar-refractivity contribution in [2.75, 3.05) is 4.72 Å². The Labute approximate surface area is 130 Å². The lowest BCUT2D eigenvalue weighted by molar-refractivity contribution is 0.548. The molecule has 0 aliphatic heterocycles. The SMILES string of the molecule is CCc1ccccc1NS(=O)(=O)c1c(F)cc(F)cc1Br. The van der Waals surface area contributed by atoms with Gasteiger partial charge in [-0.1, -0.05) is 25.1 Å². The zero-order valence-corrected chi connectivity index (χ0v) is 13.4. The molecule has 7 heteroatoms. The number of benzene rings is 2. The number of para-hydroxylation sites is 1. The van der Waals surface area contributed by atoms with Gasteiger partial charge in [-0.2, -0.15) is 0 Å². The van der Waals surface area contributed by atoms with Crippen LogP contribution in [0.4, 0.5) is 14.5 Å². The van der Waals surface area contributed by atoms with Gasteiger partial charge in [0, 0.05) is 10.5 Å². The second kappa shape index (κ2) is 6.11. The fourth-order valence-electron chi connectivity index (χ4n) is 1.91. The zero-order valence-electron chi connectivity index (χ0n) is 11.0. The highest BCUT2D eigenvalue weighted by Gasteiger charge is 2.24. The maximum atomic E-state index is 13.8. The van der Waals surface area contributed by atoms with Crippen LogP contribution in [0.5, 0.6) is 0 Å². The summed E-state index contributed by atoms with van der Waals surface area (Å²) in [6, 6.07) is 8.26. The van der Waals surface area contributed by atoms with Crippen molar-refractivity contribution in [1.82, 2.24) is 0 Å². The van der Waals surface area contributed by atoms with E-state index in [0.29, 0.717) is 18.2 Å². The normalized spacial score (nSPS) is 11.4. The molecule has 0 saturated heterocycles. The van der Waals surface area contributed by atoms with E-state index in [-0.39, 0.29) is 4.47 Å². The van der Waals surface area contributed by atoms with Crippen LogP contribution in [0.1, 0.15) is 12.5 Å². The van der Waals surface area contributed by atoms with E-state index >= 15 is 0 Å². The van der Waals surface area contributed by atoms with Crippen molar-refractivity contribution in [1.29, 1.82) is 0 Å². The molecule has 0 heterocycles. The summed E-state index contributed by atoms with van der Waals surface area (Å²) in [4.78, 5) is -0.616. The predicted molar refractivity (Wildman–Crippen MR) is 80.7 cm³/mol. The van der Waals surface area contributed by atoms with Crippen molar-refractivity contribution in [3.63, 3.8) is 0 Å². The number of aryl methyl sites for hydroxylation is 1. The Balaban J connectivity index is 2.49. The van der Waals surface area contributed by atoms with Crippen LogP contribution in [0.25, 0.3) is 0 Å². The van der Waals surface area contributed by atoms with Crippen LogP contribution in [0.2, 0.25) is 0 Å². The first-order valence-electron chi connectivity index (χ1n) is 6.10. The third kappa shape index (κ3) is 3.41. The number of hydrogen-bond acceptors (Lipinski definition) is 2. The molecule has 2 aromatic carbocycles. The average molecular weight is 376 g/mol. The fourth-order valence-corrected chi connectivity index (χ4v) is 4.18. The quantitative estimate of drug-likeness (QED) is 0.874. The maximum Gasteiger partial charge on any atom is 0.265 e. The summed E-state index contributed by atoms with van der Waals surface area (Å²) in [5.41, 5.74) is 1.15. The summed E-state index contributed by atoms with van der Waals surface area (Å²) in [5.74, 6) is -2.00. The second-order valence-corrected chi connectivity index (χ2v) is 6.79. The average Bonchev–Trinajstić information content (AvgIpc) is 2.37. The molecule has 0 atom stereocenters. The number of sulfonamides is 1. The standard InChI is InChI=1S/C14H12BrF2NO2S/c1-2-9-5-3-4-6-13(9)18-21(19,20)14-11(15)7-10(16)8-12(14)17/h3-8,18H,2H2,1H3.